The van der Waals surface area contributed by atoms with Crippen LogP contribution < -0.4 is 24.8 Å². The molecule has 33 heavy (non-hydrogen) atoms. The normalized spacial score (nSPS) is 25.7. The summed E-state index contributed by atoms with van der Waals surface area (Å²) in [5, 5.41) is 0. The van der Waals surface area contributed by atoms with Gasteiger partial charge in [0.05, 0.1) is 0 Å². The van der Waals surface area contributed by atoms with Crippen LogP contribution in [0.25, 0.3) is 0 Å². The molecule has 0 N–H and O–H groups in total. The van der Waals surface area contributed by atoms with E-state index in [-0.39, 0.29) is 51.0 Å². The van der Waals surface area contributed by atoms with E-state index < -0.39 is 0 Å². The Hall–Kier alpha value is 0.163. The van der Waals surface area contributed by atoms with Crippen LogP contribution >= 0.6 is 0 Å². The fourth-order valence-corrected chi connectivity index (χ4v) is 5.36. The van der Waals surface area contributed by atoms with E-state index in [0.29, 0.717) is 0 Å². The summed E-state index contributed by atoms with van der Waals surface area (Å²) in [6.45, 7) is 0. The van der Waals surface area contributed by atoms with Gasteiger partial charge in [-0.1, -0.05) is 102 Å². The minimum Gasteiger partial charge on any atom is -1.00 e. The third-order valence-corrected chi connectivity index (χ3v) is 7.32. The molecule has 0 spiro atoms. The van der Waals surface area contributed by atoms with E-state index in [1.54, 1.807) is 11.1 Å². The zero-order valence-corrected chi connectivity index (χ0v) is 24.7. The summed E-state index contributed by atoms with van der Waals surface area (Å²) < 4.78 is 0. The van der Waals surface area contributed by atoms with Gasteiger partial charge in [0.25, 0.3) is 0 Å². The van der Waals surface area contributed by atoms with E-state index in [1.165, 1.54) is 116 Å². The average molecular weight is 569 g/mol. The van der Waals surface area contributed by atoms with Crippen molar-refractivity contribution in [2.24, 2.45) is 11.8 Å². The van der Waals surface area contributed by atoms with Crippen molar-refractivity contribution in [1.82, 2.24) is 0 Å². The smallest absolute Gasteiger partial charge is 1.00 e. The molecule has 2 atom stereocenters. The molecule has 2 unspecified atom stereocenters. The SMILES string of the molecule is C1=CC2CCCCCCCCC[CH-]C2=C1.C1=CC2CCCCCCCCC[CH-]C2=C1.[Cl-].[Cl-].[Zr+4]. The molecule has 3 heteroatoms. The molecule has 2 fully saturated rings. The van der Waals surface area contributed by atoms with Gasteiger partial charge in [0, 0.05) is 0 Å². The van der Waals surface area contributed by atoms with Gasteiger partial charge in [-0.25, -0.2) is 36.1 Å². The molecule has 0 heterocycles. The monoisotopic (exact) mass is 566 g/mol. The molecule has 0 bridgehead atoms. The maximum Gasteiger partial charge on any atom is 4.00 e. The van der Waals surface area contributed by atoms with Gasteiger partial charge in [-0.3, -0.25) is 0 Å². The fraction of sp³-hybridized carbons (Fsp3) is 0.667. The van der Waals surface area contributed by atoms with Crippen LogP contribution in [0, 0.1) is 24.7 Å². The standard InChI is InChI=1S/2C15H23.2ClH.Zr/c2*1-2-4-6-8-11-15-13-9-12-14(15)10-7-5-3-1;;;/h2*9-10,12-13,15H,1-8,11H2;2*1H;/q2*-1;;;+4/p-2. The molecule has 4 aliphatic rings. The van der Waals surface area contributed by atoms with E-state index in [2.05, 4.69) is 49.3 Å². The molecule has 184 valence electrons. The van der Waals surface area contributed by atoms with Gasteiger partial charge in [-0.05, 0) is 24.7 Å². The first kappa shape index (κ1) is 33.2. The maximum atomic E-state index is 2.48. The molecule has 2 saturated carbocycles. The second-order valence-corrected chi connectivity index (χ2v) is 9.83. The van der Waals surface area contributed by atoms with E-state index in [0.717, 1.165) is 11.8 Å². The summed E-state index contributed by atoms with van der Waals surface area (Å²) in [5.41, 5.74) is 3.19. The Kier molecular flexibility index (Phi) is 21.6. The molecular formula is C30H46Cl2Zr. The Bertz CT molecular complexity index is 538. The van der Waals surface area contributed by atoms with Crippen molar-refractivity contribution >= 4 is 0 Å². The largest absolute Gasteiger partial charge is 4.00 e. The van der Waals surface area contributed by atoms with Gasteiger partial charge in [0.2, 0.25) is 0 Å². The molecule has 0 radical (unpaired) electrons. The van der Waals surface area contributed by atoms with Crippen molar-refractivity contribution < 1.29 is 51.0 Å². The van der Waals surface area contributed by atoms with E-state index >= 15 is 0 Å². The third-order valence-electron chi connectivity index (χ3n) is 7.32. The van der Waals surface area contributed by atoms with Crippen LogP contribution in [-0.4, -0.2) is 0 Å². The summed E-state index contributed by atoms with van der Waals surface area (Å²) in [6, 6.07) is 0. The minimum atomic E-state index is 0. The summed E-state index contributed by atoms with van der Waals surface area (Å²) in [4.78, 5) is 0. The van der Waals surface area contributed by atoms with Crippen LogP contribution in [0.4, 0.5) is 0 Å². The summed E-state index contributed by atoms with van der Waals surface area (Å²) in [7, 11) is 0. The maximum absolute atomic E-state index is 2.48. The van der Waals surface area contributed by atoms with Crippen molar-refractivity contribution in [2.75, 3.05) is 0 Å². The van der Waals surface area contributed by atoms with Crippen LogP contribution in [-0.2, 0) is 26.2 Å². The first-order chi connectivity index (χ1) is 14.9. The number of rotatable bonds is 0. The van der Waals surface area contributed by atoms with Crippen molar-refractivity contribution in [3.63, 3.8) is 0 Å². The Balaban J connectivity index is 0.000000569. The van der Waals surface area contributed by atoms with Gasteiger partial charge < -0.3 is 24.8 Å². The van der Waals surface area contributed by atoms with Crippen LogP contribution in [0.3, 0.4) is 0 Å². The molecule has 0 aromatic carbocycles. The van der Waals surface area contributed by atoms with Gasteiger partial charge in [-0.2, -0.15) is 0 Å². The number of halogens is 2. The Morgan fingerprint density at radius 3 is 1.21 bits per heavy atom. The number of hydrogen-bond donors (Lipinski definition) is 0. The summed E-state index contributed by atoms with van der Waals surface area (Å²) >= 11 is 0. The van der Waals surface area contributed by atoms with Crippen LogP contribution in [0.15, 0.2) is 47.6 Å². The fourth-order valence-electron chi connectivity index (χ4n) is 5.36. The Morgan fingerprint density at radius 1 is 0.485 bits per heavy atom. The van der Waals surface area contributed by atoms with Gasteiger partial charge in [-0.15, -0.1) is 25.0 Å². The third kappa shape index (κ3) is 13.7. The molecule has 4 rings (SSSR count). The molecule has 0 saturated heterocycles. The molecule has 0 aromatic rings. The number of hydrogen-bond acceptors (Lipinski definition) is 0. The first-order valence-corrected chi connectivity index (χ1v) is 13.4. The first-order valence-electron chi connectivity index (χ1n) is 13.4. The van der Waals surface area contributed by atoms with Crippen molar-refractivity contribution in [1.29, 1.82) is 0 Å². The average Bonchev–Trinajstić information content (AvgIpc) is 3.38. The van der Waals surface area contributed by atoms with Crippen molar-refractivity contribution in [3.8, 4) is 0 Å². The van der Waals surface area contributed by atoms with Crippen LogP contribution in [0.5, 0.6) is 0 Å². The zero-order valence-electron chi connectivity index (χ0n) is 20.8. The molecular weight excluding hydrogens is 522 g/mol. The zero-order chi connectivity index (χ0) is 20.7. The quantitative estimate of drug-likeness (QED) is 0.392. The Labute approximate surface area is 237 Å². The summed E-state index contributed by atoms with van der Waals surface area (Å²) in [6.07, 6.45) is 44.3. The predicted molar refractivity (Wildman–Crippen MR) is 133 cm³/mol. The van der Waals surface area contributed by atoms with Gasteiger partial charge in [0.1, 0.15) is 0 Å². The number of fused-ring (bicyclic) bond motifs is 2. The van der Waals surface area contributed by atoms with E-state index in [9.17, 15) is 0 Å². The number of allylic oxidation sites excluding steroid dienone is 8. The minimum absolute atomic E-state index is 0. The molecule has 0 amide bonds. The van der Waals surface area contributed by atoms with Crippen molar-refractivity contribution in [2.45, 2.75) is 116 Å². The second kappa shape index (κ2) is 21.4. The van der Waals surface area contributed by atoms with E-state index in [4.69, 9.17) is 0 Å². The predicted octanol–water partition coefficient (Wildman–Crippen LogP) is 3.66. The van der Waals surface area contributed by atoms with E-state index in [1.807, 2.05) is 0 Å². The second-order valence-electron chi connectivity index (χ2n) is 9.83. The van der Waals surface area contributed by atoms with Gasteiger partial charge >= 0.3 is 26.2 Å². The van der Waals surface area contributed by atoms with Crippen molar-refractivity contribution in [3.05, 3.63) is 60.4 Å². The Morgan fingerprint density at radius 2 is 0.818 bits per heavy atom. The summed E-state index contributed by atoms with van der Waals surface area (Å²) in [5.74, 6) is 1.51. The van der Waals surface area contributed by atoms with Crippen LogP contribution in [0.1, 0.15) is 116 Å². The molecule has 0 aromatic heterocycles. The molecule has 0 aliphatic heterocycles. The topological polar surface area (TPSA) is 0 Å². The van der Waals surface area contributed by atoms with Crippen LogP contribution in [0.2, 0.25) is 0 Å². The molecule has 0 nitrogen and oxygen atoms in total. The molecule has 4 aliphatic carbocycles. The van der Waals surface area contributed by atoms with Gasteiger partial charge in [0.15, 0.2) is 0 Å².